The van der Waals surface area contributed by atoms with Gasteiger partial charge in [0.05, 0.1) is 6.20 Å². The predicted octanol–water partition coefficient (Wildman–Crippen LogP) is 3.82. The molecule has 1 atom stereocenters. The molecule has 0 fully saturated rings. The van der Waals surface area contributed by atoms with Gasteiger partial charge in [0.1, 0.15) is 0 Å². The Labute approximate surface area is 112 Å². The molecule has 3 heteroatoms. The minimum absolute atomic E-state index is 0.486. The van der Waals surface area contributed by atoms with E-state index in [1.165, 1.54) is 50.5 Å². The molecule has 0 saturated heterocycles. The molecule has 0 aromatic carbocycles. The summed E-state index contributed by atoms with van der Waals surface area (Å²) in [4.78, 5) is 0. The number of nitrogens with one attached hydrogen (secondary N) is 1. The summed E-state index contributed by atoms with van der Waals surface area (Å²) < 4.78 is 1.90. The lowest BCUT2D eigenvalue weighted by atomic mass is 10.0. The van der Waals surface area contributed by atoms with Crippen LogP contribution in [0.4, 0.5) is 0 Å². The van der Waals surface area contributed by atoms with Gasteiger partial charge in [-0.3, -0.25) is 4.68 Å². The van der Waals surface area contributed by atoms with E-state index in [9.17, 15) is 0 Å². The highest BCUT2D eigenvalue weighted by atomic mass is 15.2. The Morgan fingerprint density at radius 1 is 1.17 bits per heavy atom. The number of rotatable bonds is 10. The summed E-state index contributed by atoms with van der Waals surface area (Å²) in [6.45, 7) is 5.57. The Bertz CT molecular complexity index is 306. The van der Waals surface area contributed by atoms with E-state index in [2.05, 4.69) is 30.5 Å². The molecular formula is C15H29N3. The fourth-order valence-corrected chi connectivity index (χ4v) is 2.28. The van der Waals surface area contributed by atoms with Crippen molar-refractivity contribution in [3.05, 3.63) is 18.0 Å². The van der Waals surface area contributed by atoms with Crippen molar-refractivity contribution in [2.75, 3.05) is 6.54 Å². The van der Waals surface area contributed by atoms with Crippen LogP contribution in [0.2, 0.25) is 0 Å². The molecule has 0 amide bonds. The van der Waals surface area contributed by atoms with Crippen LogP contribution < -0.4 is 5.32 Å². The van der Waals surface area contributed by atoms with Gasteiger partial charge in [-0.2, -0.15) is 5.10 Å². The van der Waals surface area contributed by atoms with E-state index >= 15 is 0 Å². The van der Waals surface area contributed by atoms with E-state index in [1.54, 1.807) is 0 Å². The molecule has 18 heavy (non-hydrogen) atoms. The van der Waals surface area contributed by atoms with Gasteiger partial charge in [-0.05, 0) is 19.4 Å². The summed E-state index contributed by atoms with van der Waals surface area (Å²) in [6, 6.07) is 0.486. The Kier molecular flexibility index (Phi) is 7.74. The van der Waals surface area contributed by atoms with Gasteiger partial charge in [0.25, 0.3) is 0 Å². The number of aromatic nitrogens is 2. The SMILES string of the molecule is CCCCCCCC(NCCC)c1cnn(C)c1. The maximum atomic E-state index is 4.28. The quantitative estimate of drug-likeness (QED) is 0.641. The van der Waals surface area contributed by atoms with Crippen LogP contribution in [0.5, 0.6) is 0 Å². The molecule has 104 valence electrons. The summed E-state index contributed by atoms with van der Waals surface area (Å²) >= 11 is 0. The van der Waals surface area contributed by atoms with E-state index < -0.39 is 0 Å². The van der Waals surface area contributed by atoms with Crippen molar-refractivity contribution in [3.8, 4) is 0 Å². The molecule has 1 aromatic heterocycles. The Balaban J connectivity index is 2.36. The molecule has 1 heterocycles. The van der Waals surface area contributed by atoms with Crippen molar-refractivity contribution < 1.29 is 0 Å². The zero-order chi connectivity index (χ0) is 13.2. The summed E-state index contributed by atoms with van der Waals surface area (Å²) in [5.74, 6) is 0. The minimum atomic E-state index is 0.486. The molecule has 3 nitrogen and oxygen atoms in total. The maximum absolute atomic E-state index is 4.28. The first kappa shape index (κ1) is 15.2. The number of hydrogen-bond donors (Lipinski definition) is 1. The number of unbranched alkanes of at least 4 members (excludes halogenated alkanes) is 4. The van der Waals surface area contributed by atoms with Gasteiger partial charge in [-0.1, -0.05) is 46.0 Å². The van der Waals surface area contributed by atoms with Gasteiger partial charge in [0.2, 0.25) is 0 Å². The van der Waals surface area contributed by atoms with E-state index in [0.29, 0.717) is 6.04 Å². The molecule has 1 aromatic rings. The molecule has 0 aliphatic heterocycles. The van der Waals surface area contributed by atoms with Crippen LogP contribution in [0.25, 0.3) is 0 Å². The largest absolute Gasteiger partial charge is 0.310 e. The van der Waals surface area contributed by atoms with Crippen LogP contribution in [0.1, 0.15) is 70.4 Å². The fourth-order valence-electron chi connectivity index (χ4n) is 2.28. The van der Waals surface area contributed by atoms with Crippen LogP contribution in [0, 0.1) is 0 Å². The van der Waals surface area contributed by atoms with Crippen molar-refractivity contribution >= 4 is 0 Å². The molecule has 1 rings (SSSR count). The molecule has 1 unspecified atom stereocenters. The lowest BCUT2D eigenvalue weighted by Crippen LogP contribution is -2.21. The third-order valence-corrected chi connectivity index (χ3v) is 3.36. The summed E-state index contributed by atoms with van der Waals surface area (Å²) in [7, 11) is 1.99. The molecule has 0 radical (unpaired) electrons. The molecule has 0 saturated carbocycles. The third-order valence-electron chi connectivity index (χ3n) is 3.36. The van der Waals surface area contributed by atoms with Gasteiger partial charge in [0, 0.05) is 24.8 Å². The lowest BCUT2D eigenvalue weighted by molar-refractivity contribution is 0.468. The van der Waals surface area contributed by atoms with Gasteiger partial charge in [0.15, 0.2) is 0 Å². The maximum Gasteiger partial charge on any atom is 0.0537 e. The predicted molar refractivity (Wildman–Crippen MR) is 77.6 cm³/mol. The Hall–Kier alpha value is -0.830. The molecular weight excluding hydrogens is 222 g/mol. The van der Waals surface area contributed by atoms with E-state index in [-0.39, 0.29) is 0 Å². The topological polar surface area (TPSA) is 29.9 Å². The zero-order valence-electron chi connectivity index (χ0n) is 12.3. The van der Waals surface area contributed by atoms with Crippen molar-refractivity contribution in [2.24, 2.45) is 7.05 Å². The molecule has 0 aliphatic carbocycles. The molecule has 0 bridgehead atoms. The van der Waals surface area contributed by atoms with Gasteiger partial charge in [-0.15, -0.1) is 0 Å². The van der Waals surface area contributed by atoms with Gasteiger partial charge >= 0.3 is 0 Å². The van der Waals surface area contributed by atoms with Crippen molar-refractivity contribution in [3.63, 3.8) is 0 Å². The standard InChI is InChI=1S/C15H29N3/c1-4-6-7-8-9-10-15(16-11-5-2)14-12-17-18(3)13-14/h12-13,15-16H,4-11H2,1-3H3. The first-order valence-corrected chi connectivity index (χ1v) is 7.49. The highest BCUT2D eigenvalue weighted by Crippen LogP contribution is 2.19. The third kappa shape index (κ3) is 5.67. The number of hydrogen-bond acceptors (Lipinski definition) is 2. The van der Waals surface area contributed by atoms with Crippen molar-refractivity contribution in [2.45, 2.75) is 64.8 Å². The second-order valence-corrected chi connectivity index (χ2v) is 5.16. The van der Waals surface area contributed by atoms with Crippen LogP contribution in [-0.2, 0) is 7.05 Å². The summed E-state index contributed by atoms with van der Waals surface area (Å²) in [5.41, 5.74) is 1.33. The average molecular weight is 251 g/mol. The second-order valence-electron chi connectivity index (χ2n) is 5.16. The number of aryl methyl sites for hydroxylation is 1. The van der Waals surface area contributed by atoms with Gasteiger partial charge in [-0.25, -0.2) is 0 Å². The van der Waals surface area contributed by atoms with E-state index in [4.69, 9.17) is 0 Å². The molecule has 1 N–H and O–H groups in total. The van der Waals surface area contributed by atoms with Gasteiger partial charge < -0.3 is 5.32 Å². The van der Waals surface area contributed by atoms with Crippen LogP contribution in [-0.4, -0.2) is 16.3 Å². The molecule has 0 spiro atoms. The molecule has 0 aliphatic rings. The summed E-state index contributed by atoms with van der Waals surface area (Å²) in [6.07, 6.45) is 13.3. The first-order valence-electron chi connectivity index (χ1n) is 7.49. The minimum Gasteiger partial charge on any atom is -0.310 e. The van der Waals surface area contributed by atoms with Crippen LogP contribution in [0.15, 0.2) is 12.4 Å². The first-order chi connectivity index (χ1) is 8.77. The highest BCUT2D eigenvalue weighted by Gasteiger charge is 2.11. The van der Waals surface area contributed by atoms with Crippen LogP contribution >= 0.6 is 0 Å². The van der Waals surface area contributed by atoms with Crippen LogP contribution in [0.3, 0.4) is 0 Å². The summed E-state index contributed by atoms with van der Waals surface area (Å²) in [5, 5.41) is 7.92. The monoisotopic (exact) mass is 251 g/mol. The second kappa shape index (κ2) is 9.15. The smallest absolute Gasteiger partial charge is 0.0537 e. The van der Waals surface area contributed by atoms with Crippen molar-refractivity contribution in [1.29, 1.82) is 0 Å². The average Bonchev–Trinajstić information content (AvgIpc) is 2.79. The fraction of sp³-hybridized carbons (Fsp3) is 0.800. The zero-order valence-corrected chi connectivity index (χ0v) is 12.3. The Morgan fingerprint density at radius 2 is 1.94 bits per heavy atom. The lowest BCUT2D eigenvalue weighted by Gasteiger charge is -2.17. The van der Waals surface area contributed by atoms with E-state index in [0.717, 1.165) is 6.54 Å². The normalized spacial score (nSPS) is 12.8. The highest BCUT2D eigenvalue weighted by molar-refractivity contribution is 5.10. The van der Waals surface area contributed by atoms with Crippen molar-refractivity contribution in [1.82, 2.24) is 15.1 Å². The van der Waals surface area contributed by atoms with E-state index in [1.807, 2.05) is 17.9 Å². The number of nitrogens with zero attached hydrogens (tertiary/aromatic N) is 2. The Morgan fingerprint density at radius 3 is 2.56 bits per heavy atom.